The molecule has 0 aromatic carbocycles. The molecule has 0 fully saturated rings. The molecule has 70 valence electrons. The van der Waals surface area contributed by atoms with Crippen LogP contribution in [0, 0.1) is 0 Å². The van der Waals surface area contributed by atoms with E-state index in [2.05, 4.69) is 30.7 Å². The van der Waals surface area contributed by atoms with Crippen molar-refractivity contribution in [1.29, 1.82) is 0 Å². The third kappa shape index (κ3) is 6.28. The highest BCUT2D eigenvalue weighted by Crippen LogP contribution is 1.93. The Morgan fingerprint density at radius 3 is 2.17 bits per heavy atom. The number of aryl methyl sites for hydroxylation is 1. The summed E-state index contributed by atoms with van der Waals surface area (Å²) in [6.07, 6.45) is 4.59. The molecule has 0 atom stereocenters. The molecule has 2 nitrogen and oxygen atoms in total. The molecule has 0 spiro atoms. The Hall–Kier alpha value is -0.440. The van der Waals surface area contributed by atoms with Gasteiger partial charge in [-0.3, -0.25) is 0 Å². The molecular weight excluding hydrogens is 168 g/mol. The SMILES string of the molecule is CCSCC.CCc1ncc[nH]1. The van der Waals surface area contributed by atoms with Gasteiger partial charge in [0.05, 0.1) is 0 Å². The van der Waals surface area contributed by atoms with E-state index in [0.717, 1.165) is 12.2 Å². The second kappa shape index (κ2) is 8.65. The number of H-pyrrole nitrogens is 1. The van der Waals surface area contributed by atoms with Crippen LogP contribution in [-0.2, 0) is 6.42 Å². The van der Waals surface area contributed by atoms with Crippen molar-refractivity contribution < 1.29 is 0 Å². The summed E-state index contributed by atoms with van der Waals surface area (Å²) in [6.45, 7) is 6.42. The normalized spacial score (nSPS) is 8.92. The molecule has 0 aliphatic heterocycles. The molecule has 0 aliphatic carbocycles. The number of hydrogen-bond donors (Lipinski definition) is 1. The first-order valence-electron chi connectivity index (χ1n) is 4.41. The first-order chi connectivity index (χ1) is 5.85. The predicted molar refractivity (Wildman–Crippen MR) is 56.6 cm³/mol. The number of aromatic amines is 1. The van der Waals surface area contributed by atoms with Gasteiger partial charge in [0, 0.05) is 18.8 Å². The van der Waals surface area contributed by atoms with E-state index in [4.69, 9.17) is 0 Å². The molecule has 0 radical (unpaired) electrons. The van der Waals surface area contributed by atoms with Gasteiger partial charge in [0.25, 0.3) is 0 Å². The number of imidazole rings is 1. The van der Waals surface area contributed by atoms with E-state index in [-0.39, 0.29) is 0 Å². The first kappa shape index (κ1) is 11.6. The number of nitrogens with one attached hydrogen (secondary N) is 1. The van der Waals surface area contributed by atoms with E-state index in [9.17, 15) is 0 Å². The van der Waals surface area contributed by atoms with Crippen LogP contribution in [0.2, 0.25) is 0 Å². The Balaban J connectivity index is 0.000000217. The van der Waals surface area contributed by atoms with Gasteiger partial charge in [0.1, 0.15) is 5.82 Å². The standard InChI is InChI=1S/C5H8N2.C4H10S/c1-2-5-6-3-4-7-5;1-3-5-4-2/h3-4H,2H2,1H3,(H,6,7);3-4H2,1-2H3. The van der Waals surface area contributed by atoms with E-state index in [1.807, 2.05) is 18.0 Å². The average molecular weight is 186 g/mol. The van der Waals surface area contributed by atoms with E-state index in [1.165, 1.54) is 11.5 Å². The van der Waals surface area contributed by atoms with Crippen molar-refractivity contribution in [3.8, 4) is 0 Å². The van der Waals surface area contributed by atoms with E-state index in [1.54, 1.807) is 6.20 Å². The van der Waals surface area contributed by atoms with Crippen LogP contribution in [0.15, 0.2) is 12.4 Å². The van der Waals surface area contributed by atoms with Gasteiger partial charge in [0.15, 0.2) is 0 Å². The van der Waals surface area contributed by atoms with Crippen LogP contribution in [0.4, 0.5) is 0 Å². The molecule has 0 aliphatic rings. The minimum atomic E-state index is 0.993. The minimum absolute atomic E-state index is 0.993. The fraction of sp³-hybridized carbons (Fsp3) is 0.667. The van der Waals surface area contributed by atoms with Gasteiger partial charge in [0.2, 0.25) is 0 Å². The molecule has 0 amide bonds. The van der Waals surface area contributed by atoms with Crippen molar-refractivity contribution in [1.82, 2.24) is 9.97 Å². The lowest BCUT2D eigenvalue weighted by Gasteiger charge is -1.80. The number of aromatic nitrogens is 2. The monoisotopic (exact) mass is 186 g/mol. The molecule has 3 heteroatoms. The molecule has 1 heterocycles. The summed E-state index contributed by atoms with van der Waals surface area (Å²) in [5.41, 5.74) is 0. The fourth-order valence-corrected chi connectivity index (χ4v) is 1.10. The Kier molecular flexibility index (Phi) is 8.34. The quantitative estimate of drug-likeness (QED) is 0.786. The predicted octanol–water partition coefficient (Wildman–Crippen LogP) is 2.73. The topological polar surface area (TPSA) is 28.7 Å². The molecule has 12 heavy (non-hydrogen) atoms. The summed E-state index contributed by atoms with van der Waals surface area (Å²) < 4.78 is 0. The van der Waals surface area contributed by atoms with Gasteiger partial charge in [-0.1, -0.05) is 20.8 Å². The highest BCUT2D eigenvalue weighted by atomic mass is 32.2. The maximum Gasteiger partial charge on any atom is 0.105 e. The number of thioether (sulfide) groups is 1. The second-order valence-electron chi connectivity index (χ2n) is 2.17. The van der Waals surface area contributed by atoms with Gasteiger partial charge in [-0.2, -0.15) is 11.8 Å². The minimum Gasteiger partial charge on any atom is -0.349 e. The van der Waals surface area contributed by atoms with Crippen molar-refractivity contribution in [3.63, 3.8) is 0 Å². The zero-order valence-corrected chi connectivity index (χ0v) is 8.95. The zero-order chi connectivity index (χ0) is 9.23. The van der Waals surface area contributed by atoms with Gasteiger partial charge < -0.3 is 4.98 Å². The van der Waals surface area contributed by atoms with E-state index < -0.39 is 0 Å². The third-order valence-corrected chi connectivity index (χ3v) is 2.11. The highest BCUT2D eigenvalue weighted by molar-refractivity contribution is 7.99. The Morgan fingerprint density at radius 2 is 2.00 bits per heavy atom. The van der Waals surface area contributed by atoms with Gasteiger partial charge in [-0.15, -0.1) is 0 Å². The lowest BCUT2D eigenvalue weighted by Crippen LogP contribution is -1.78. The van der Waals surface area contributed by atoms with Crippen LogP contribution >= 0.6 is 11.8 Å². The van der Waals surface area contributed by atoms with Crippen molar-refractivity contribution in [2.24, 2.45) is 0 Å². The Bertz CT molecular complexity index is 159. The van der Waals surface area contributed by atoms with E-state index in [0.29, 0.717) is 0 Å². The molecule has 1 rings (SSSR count). The maximum absolute atomic E-state index is 3.98. The molecule has 0 saturated heterocycles. The first-order valence-corrected chi connectivity index (χ1v) is 5.56. The molecular formula is C9H18N2S. The van der Waals surface area contributed by atoms with Crippen molar-refractivity contribution >= 4 is 11.8 Å². The average Bonchev–Trinajstić information content (AvgIpc) is 2.58. The van der Waals surface area contributed by atoms with Gasteiger partial charge >= 0.3 is 0 Å². The van der Waals surface area contributed by atoms with Crippen LogP contribution in [-0.4, -0.2) is 21.5 Å². The number of nitrogens with zero attached hydrogens (tertiary/aromatic N) is 1. The van der Waals surface area contributed by atoms with Gasteiger partial charge in [-0.05, 0) is 11.5 Å². The fourth-order valence-electron chi connectivity index (χ4n) is 0.695. The summed E-state index contributed by atoms with van der Waals surface area (Å²) in [6, 6.07) is 0. The lowest BCUT2D eigenvalue weighted by molar-refractivity contribution is 0.990. The Morgan fingerprint density at radius 1 is 1.33 bits per heavy atom. The molecule has 1 aromatic rings. The molecule has 0 saturated carbocycles. The summed E-state index contributed by atoms with van der Waals surface area (Å²) in [5, 5.41) is 0. The summed E-state index contributed by atoms with van der Waals surface area (Å²) in [5.74, 6) is 3.58. The maximum atomic E-state index is 3.98. The van der Waals surface area contributed by atoms with Crippen molar-refractivity contribution in [2.45, 2.75) is 27.2 Å². The smallest absolute Gasteiger partial charge is 0.105 e. The van der Waals surface area contributed by atoms with Crippen LogP contribution < -0.4 is 0 Å². The van der Waals surface area contributed by atoms with Crippen molar-refractivity contribution in [2.75, 3.05) is 11.5 Å². The third-order valence-electron chi connectivity index (χ3n) is 1.30. The van der Waals surface area contributed by atoms with Gasteiger partial charge in [-0.25, -0.2) is 4.98 Å². The highest BCUT2D eigenvalue weighted by Gasteiger charge is 1.82. The number of rotatable bonds is 3. The molecule has 1 aromatic heterocycles. The number of hydrogen-bond acceptors (Lipinski definition) is 2. The largest absolute Gasteiger partial charge is 0.349 e. The van der Waals surface area contributed by atoms with Crippen LogP contribution in [0.5, 0.6) is 0 Å². The van der Waals surface area contributed by atoms with Crippen LogP contribution in [0.3, 0.4) is 0 Å². The Labute approximate surface area is 79.2 Å². The molecule has 0 unspecified atom stereocenters. The second-order valence-corrected chi connectivity index (χ2v) is 3.73. The summed E-state index contributed by atoms with van der Waals surface area (Å²) in [7, 11) is 0. The lowest BCUT2D eigenvalue weighted by atomic mass is 10.5. The molecule has 1 N–H and O–H groups in total. The van der Waals surface area contributed by atoms with Crippen LogP contribution in [0.25, 0.3) is 0 Å². The van der Waals surface area contributed by atoms with E-state index >= 15 is 0 Å². The van der Waals surface area contributed by atoms with Crippen LogP contribution in [0.1, 0.15) is 26.6 Å². The zero-order valence-electron chi connectivity index (χ0n) is 8.13. The molecule has 0 bridgehead atoms. The van der Waals surface area contributed by atoms with Crippen molar-refractivity contribution in [3.05, 3.63) is 18.2 Å². The summed E-state index contributed by atoms with van der Waals surface area (Å²) >= 11 is 1.96. The summed E-state index contributed by atoms with van der Waals surface area (Å²) in [4.78, 5) is 6.95.